The zero-order valence-corrected chi connectivity index (χ0v) is 8.45. The molecule has 0 unspecified atom stereocenters. The number of nitrogens with zero attached hydrogens (tertiary/aromatic N) is 1. The van der Waals surface area contributed by atoms with Crippen LogP contribution in [0.2, 0.25) is 5.02 Å². The summed E-state index contributed by atoms with van der Waals surface area (Å²) in [6.07, 6.45) is 0. The second-order valence-electron chi connectivity index (χ2n) is 2.65. The molecule has 0 spiro atoms. The molecule has 6 nitrogen and oxygen atoms in total. The molecule has 2 N–H and O–H groups in total. The third-order valence-corrected chi connectivity index (χ3v) is 2.11. The predicted octanol–water partition coefficient (Wildman–Crippen LogP) is 1.62. The van der Waals surface area contributed by atoms with Crippen molar-refractivity contribution in [2.45, 2.75) is 0 Å². The average molecular weight is 231 g/mol. The topological polar surface area (TPSA) is 95.5 Å². The number of nitrogen functional groups attached to an aromatic ring is 1. The number of nitrogens with two attached hydrogens (primary N) is 1. The van der Waals surface area contributed by atoms with Gasteiger partial charge in [-0.25, -0.2) is 4.79 Å². The van der Waals surface area contributed by atoms with Gasteiger partial charge >= 0.3 is 5.97 Å². The number of ether oxygens (including phenoxy) is 1. The van der Waals surface area contributed by atoms with E-state index in [1.165, 1.54) is 13.2 Å². The van der Waals surface area contributed by atoms with E-state index in [0.717, 1.165) is 6.07 Å². The Hall–Kier alpha value is -1.82. The first-order chi connectivity index (χ1) is 6.97. The lowest BCUT2D eigenvalue weighted by atomic mass is 10.2. The number of carbonyl (C=O) groups excluding carboxylic acids is 1. The van der Waals surface area contributed by atoms with Crippen LogP contribution < -0.4 is 5.73 Å². The Bertz CT molecular complexity index is 433. The Labute approximate surface area is 89.7 Å². The molecule has 7 heteroatoms. The summed E-state index contributed by atoms with van der Waals surface area (Å²) < 4.78 is 4.41. The minimum absolute atomic E-state index is 0.00824. The average Bonchev–Trinajstić information content (AvgIpc) is 2.20. The van der Waals surface area contributed by atoms with Gasteiger partial charge in [0.15, 0.2) is 0 Å². The van der Waals surface area contributed by atoms with Gasteiger partial charge in [0.1, 0.15) is 5.02 Å². The van der Waals surface area contributed by atoms with E-state index in [9.17, 15) is 14.9 Å². The number of esters is 1. The molecule has 0 saturated heterocycles. The summed E-state index contributed by atoms with van der Waals surface area (Å²) in [5, 5.41) is 10.4. The maximum absolute atomic E-state index is 11.1. The summed E-state index contributed by atoms with van der Waals surface area (Å²) in [6.45, 7) is 0. The molecule has 0 amide bonds. The summed E-state index contributed by atoms with van der Waals surface area (Å²) in [4.78, 5) is 20.9. The molecule has 1 aromatic carbocycles. The Kier molecular flexibility index (Phi) is 3.11. The predicted molar refractivity (Wildman–Crippen MR) is 53.9 cm³/mol. The number of methoxy groups -OCH3 is 1. The minimum atomic E-state index is -0.717. The van der Waals surface area contributed by atoms with Crippen LogP contribution in [0.5, 0.6) is 0 Å². The zero-order valence-electron chi connectivity index (χ0n) is 7.69. The molecule has 0 heterocycles. The first-order valence-electron chi connectivity index (χ1n) is 3.79. The fraction of sp³-hybridized carbons (Fsp3) is 0.125. The summed E-state index contributed by atoms with van der Waals surface area (Å²) >= 11 is 5.59. The fourth-order valence-electron chi connectivity index (χ4n) is 1.000. The Balaban J connectivity index is 3.35. The summed E-state index contributed by atoms with van der Waals surface area (Å²) in [6, 6.07) is 2.24. The molecule has 0 fully saturated rings. The van der Waals surface area contributed by atoms with E-state index in [-0.39, 0.29) is 16.3 Å². The first-order valence-corrected chi connectivity index (χ1v) is 4.17. The highest BCUT2D eigenvalue weighted by Gasteiger charge is 2.19. The normalized spacial score (nSPS) is 9.73. The van der Waals surface area contributed by atoms with Gasteiger partial charge in [-0.2, -0.15) is 0 Å². The van der Waals surface area contributed by atoms with Gasteiger partial charge in [-0.1, -0.05) is 11.6 Å². The van der Waals surface area contributed by atoms with Gasteiger partial charge in [-0.3, -0.25) is 10.1 Å². The van der Waals surface area contributed by atoms with Crippen LogP contribution in [-0.4, -0.2) is 18.0 Å². The molecule has 0 aliphatic rings. The second kappa shape index (κ2) is 4.14. The molecule has 0 bridgehead atoms. The minimum Gasteiger partial charge on any atom is -0.465 e. The molecule has 0 aliphatic heterocycles. The van der Waals surface area contributed by atoms with Gasteiger partial charge in [-0.15, -0.1) is 0 Å². The molecule has 15 heavy (non-hydrogen) atoms. The second-order valence-corrected chi connectivity index (χ2v) is 3.03. The molecule has 0 radical (unpaired) electrons. The number of hydrogen-bond acceptors (Lipinski definition) is 5. The van der Waals surface area contributed by atoms with E-state index < -0.39 is 16.6 Å². The van der Waals surface area contributed by atoms with Crippen molar-refractivity contribution in [3.8, 4) is 0 Å². The van der Waals surface area contributed by atoms with Gasteiger partial charge in [0.05, 0.1) is 23.3 Å². The molecule has 0 aromatic heterocycles. The molecule has 0 atom stereocenters. The standard InChI is InChI=1S/C8H7ClN2O4/c1-15-8(12)4-2-5(10)7(9)6(3-4)11(13)14/h2-3H,10H2,1H3. The third-order valence-electron chi connectivity index (χ3n) is 1.70. The van der Waals surface area contributed by atoms with Crippen LogP contribution in [0.3, 0.4) is 0 Å². The summed E-state index contributed by atoms with van der Waals surface area (Å²) in [7, 11) is 1.17. The van der Waals surface area contributed by atoms with E-state index >= 15 is 0 Å². The van der Waals surface area contributed by atoms with Crippen LogP contribution in [0.15, 0.2) is 12.1 Å². The number of benzene rings is 1. The van der Waals surface area contributed by atoms with Gasteiger partial charge in [0, 0.05) is 6.07 Å². The molecular formula is C8H7ClN2O4. The van der Waals surface area contributed by atoms with Crippen molar-refractivity contribution in [2.75, 3.05) is 12.8 Å². The molecule has 1 rings (SSSR count). The van der Waals surface area contributed by atoms with Crippen molar-refractivity contribution in [3.05, 3.63) is 32.8 Å². The Morgan fingerprint density at radius 1 is 1.60 bits per heavy atom. The highest BCUT2D eigenvalue weighted by atomic mass is 35.5. The summed E-state index contributed by atoms with van der Waals surface area (Å²) in [5.41, 5.74) is 4.94. The van der Waals surface area contributed by atoms with Crippen LogP contribution in [0.25, 0.3) is 0 Å². The number of rotatable bonds is 2. The maximum atomic E-state index is 11.1. The van der Waals surface area contributed by atoms with E-state index in [1.807, 2.05) is 0 Å². The van der Waals surface area contributed by atoms with Gasteiger partial charge in [0.25, 0.3) is 5.69 Å². The number of halogens is 1. The molecule has 1 aromatic rings. The van der Waals surface area contributed by atoms with E-state index in [2.05, 4.69) is 4.74 Å². The highest BCUT2D eigenvalue weighted by Crippen LogP contribution is 2.31. The van der Waals surface area contributed by atoms with Gasteiger partial charge in [0.2, 0.25) is 0 Å². The van der Waals surface area contributed by atoms with Crippen LogP contribution in [0.1, 0.15) is 10.4 Å². The SMILES string of the molecule is COC(=O)c1cc(N)c(Cl)c([N+](=O)[O-])c1. The third kappa shape index (κ3) is 2.16. The van der Waals surface area contributed by atoms with Crippen molar-refractivity contribution >= 4 is 28.9 Å². The molecular weight excluding hydrogens is 224 g/mol. The monoisotopic (exact) mass is 230 g/mol. The van der Waals surface area contributed by atoms with Crippen molar-refractivity contribution in [2.24, 2.45) is 0 Å². The van der Waals surface area contributed by atoms with Crippen molar-refractivity contribution in [3.63, 3.8) is 0 Å². The van der Waals surface area contributed by atoms with E-state index in [4.69, 9.17) is 17.3 Å². The zero-order chi connectivity index (χ0) is 11.6. The number of nitro benzene ring substituents is 1. The molecule has 80 valence electrons. The van der Waals surface area contributed by atoms with Crippen LogP contribution >= 0.6 is 11.6 Å². The van der Waals surface area contributed by atoms with Gasteiger partial charge < -0.3 is 10.5 Å². The maximum Gasteiger partial charge on any atom is 0.338 e. The lowest BCUT2D eigenvalue weighted by molar-refractivity contribution is -0.384. The quantitative estimate of drug-likeness (QED) is 0.360. The van der Waals surface area contributed by atoms with Crippen molar-refractivity contribution < 1.29 is 14.5 Å². The van der Waals surface area contributed by atoms with Crippen molar-refractivity contribution in [1.82, 2.24) is 0 Å². The highest BCUT2D eigenvalue weighted by molar-refractivity contribution is 6.35. The Morgan fingerprint density at radius 3 is 2.67 bits per heavy atom. The number of nitro groups is 1. The van der Waals surface area contributed by atoms with Crippen LogP contribution in [-0.2, 0) is 4.74 Å². The first kappa shape index (κ1) is 11.3. The van der Waals surface area contributed by atoms with Gasteiger partial charge in [-0.05, 0) is 6.07 Å². The largest absolute Gasteiger partial charge is 0.465 e. The van der Waals surface area contributed by atoms with Crippen LogP contribution in [0, 0.1) is 10.1 Å². The Morgan fingerprint density at radius 2 is 2.20 bits per heavy atom. The van der Waals surface area contributed by atoms with E-state index in [0.29, 0.717) is 0 Å². The number of carbonyl (C=O) groups is 1. The lowest BCUT2D eigenvalue weighted by Gasteiger charge is -2.03. The fourth-order valence-corrected chi connectivity index (χ4v) is 1.18. The number of hydrogen-bond donors (Lipinski definition) is 1. The van der Waals surface area contributed by atoms with E-state index in [1.54, 1.807) is 0 Å². The molecule has 0 saturated carbocycles. The smallest absolute Gasteiger partial charge is 0.338 e. The lowest BCUT2D eigenvalue weighted by Crippen LogP contribution is -2.04. The molecule has 0 aliphatic carbocycles. The number of anilines is 1. The van der Waals surface area contributed by atoms with Crippen LogP contribution in [0.4, 0.5) is 11.4 Å². The summed E-state index contributed by atoms with van der Waals surface area (Å²) in [5.74, 6) is -0.707. The van der Waals surface area contributed by atoms with Crippen molar-refractivity contribution in [1.29, 1.82) is 0 Å².